The van der Waals surface area contributed by atoms with E-state index in [-0.39, 0.29) is 0 Å². The molecule has 0 amide bonds. The van der Waals surface area contributed by atoms with Crippen molar-refractivity contribution in [3.05, 3.63) is 23.3 Å². The fourth-order valence-electron chi connectivity index (χ4n) is 3.58. The van der Waals surface area contributed by atoms with Gasteiger partial charge in [0, 0.05) is 11.6 Å². The molecule has 0 radical (unpaired) electrons. The average Bonchev–Trinajstić information content (AvgIpc) is 2.76. The Labute approximate surface area is 109 Å². The summed E-state index contributed by atoms with van der Waals surface area (Å²) in [6.07, 6.45) is 3.59. The van der Waals surface area contributed by atoms with Gasteiger partial charge < -0.3 is 14.4 Å². The van der Waals surface area contributed by atoms with Gasteiger partial charge in [-0.15, -0.1) is 0 Å². The van der Waals surface area contributed by atoms with Crippen LogP contribution in [-0.4, -0.2) is 38.8 Å². The van der Waals surface area contributed by atoms with E-state index in [2.05, 4.69) is 18.0 Å². The number of hydrogen-bond donors (Lipinski definition) is 0. The number of fused-ring (bicyclic) bond motifs is 2. The Morgan fingerprint density at radius 1 is 1.17 bits per heavy atom. The van der Waals surface area contributed by atoms with E-state index in [1.165, 1.54) is 24.1 Å². The van der Waals surface area contributed by atoms with Crippen LogP contribution in [0.1, 0.15) is 17.5 Å². The monoisotopic (exact) mass is 247 g/mol. The van der Waals surface area contributed by atoms with Crippen LogP contribution < -0.4 is 9.47 Å². The molecule has 18 heavy (non-hydrogen) atoms. The molecule has 1 aromatic rings. The van der Waals surface area contributed by atoms with Crippen LogP contribution in [0.15, 0.2) is 12.1 Å². The molecule has 0 aromatic heterocycles. The Kier molecular flexibility index (Phi) is 2.94. The van der Waals surface area contributed by atoms with Crippen molar-refractivity contribution >= 4 is 0 Å². The van der Waals surface area contributed by atoms with Crippen molar-refractivity contribution in [3.63, 3.8) is 0 Å². The van der Waals surface area contributed by atoms with Gasteiger partial charge in [-0.2, -0.15) is 0 Å². The van der Waals surface area contributed by atoms with E-state index < -0.39 is 0 Å². The molecule has 1 heterocycles. The minimum Gasteiger partial charge on any atom is -0.493 e. The smallest absolute Gasteiger partial charge is 0.164 e. The third-order valence-corrected chi connectivity index (χ3v) is 4.60. The van der Waals surface area contributed by atoms with Gasteiger partial charge in [-0.3, -0.25) is 0 Å². The molecule has 0 N–H and O–H groups in total. The summed E-state index contributed by atoms with van der Waals surface area (Å²) in [7, 11) is 5.70. The summed E-state index contributed by atoms with van der Waals surface area (Å²) < 4.78 is 11.0. The van der Waals surface area contributed by atoms with Crippen LogP contribution in [0.5, 0.6) is 11.5 Å². The van der Waals surface area contributed by atoms with E-state index in [0.29, 0.717) is 0 Å². The third kappa shape index (κ3) is 1.69. The predicted molar refractivity (Wildman–Crippen MR) is 71.5 cm³/mol. The number of ether oxygens (including phenoxy) is 2. The highest BCUT2D eigenvalue weighted by molar-refractivity contribution is 5.52. The molecule has 1 aromatic carbocycles. The fraction of sp³-hybridized carbons (Fsp3) is 0.600. The van der Waals surface area contributed by atoms with Gasteiger partial charge in [0.2, 0.25) is 0 Å². The summed E-state index contributed by atoms with van der Waals surface area (Å²) in [5.74, 6) is 2.59. The lowest BCUT2D eigenvalue weighted by atomic mass is 9.80. The number of likely N-dealkylation sites (tertiary alicyclic amines) is 1. The highest BCUT2D eigenvalue weighted by Crippen LogP contribution is 2.42. The second-order valence-corrected chi connectivity index (χ2v) is 5.44. The first-order valence-electron chi connectivity index (χ1n) is 6.67. The van der Waals surface area contributed by atoms with E-state index in [1.54, 1.807) is 14.2 Å². The summed E-state index contributed by atoms with van der Waals surface area (Å²) in [6.45, 7) is 1.22. The lowest BCUT2D eigenvalue weighted by Gasteiger charge is -2.32. The minimum absolute atomic E-state index is 0.718. The summed E-state index contributed by atoms with van der Waals surface area (Å²) in [4.78, 5) is 2.50. The van der Waals surface area contributed by atoms with Gasteiger partial charge >= 0.3 is 0 Å². The molecular weight excluding hydrogens is 226 g/mol. The van der Waals surface area contributed by atoms with Gasteiger partial charge in [0.05, 0.1) is 14.2 Å². The molecular formula is C15H21NO2. The molecule has 3 nitrogen and oxygen atoms in total. The van der Waals surface area contributed by atoms with Gasteiger partial charge in [-0.05, 0) is 50.4 Å². The van der Waals surface area contributed by atoms with Crippen LogP contribution in [0.4, 0.5) is 0 Å². The third-order valence-electron chi connectivity index (χ3n) is 4.60. The Hall–Kier alpha value is -1.22. The van der Waals surface area contributed by atoms with Crippen LogP contribution in [0, 0.1) is 5.92 Å². The van der Waals surface area contributed by atoms with E-state index in [1.807, 2.05) is 6.07 Å². The van der Waals surface area contributed by atoms with Crippen LogP contribution in [-0.2, 0) is 12.8 Å². The molecule has 3 rings (SSSR count). The number of likely N-dealkylation sites (N-methyl/N-ethyl adjacent to an activating group) is 1. The zero-order chi connectivity index (χ0) is 12.7. The Balaban J connectivity index is 2.01. The number of benzene rings is 1. The zero-order valence-electron chi connectivity index (χ0n) is 11.4. The van der Waals surface area contributed by atoms with Crippen molar-refractivity contribution in [2.75, 3.05) is 27.8 Å². The minimum atomic E-state index is 0.718. The Morgan fingerprint density at radius 2 is 2.00 bits per heavy atom. The molecule has 1 unspecified atom stereocenters. The first kappa shape index (κ1) is 11.8. The molecule has 1 aliphatic heterocycles. The summed E-state index contributed by atoms with van der Waals surface area (Å²) in [6, 6.07) is 4.96. The van der Waals surface area contributed by atoms with Crippen LogP contribution in [0.3, 0.4) is 0 Å². The van der Waals surface area contributed by atoms with E-state index >= 15 is 0 Å². The normalized spacial score (nSPS) is 26.6. The standard InChI is InChI=1S/C15H21NO2/c1-16-7-6-11-8-12-10(9-13(11)16)4-5-14(17-2)15(12)18-3/h4-5,11,13H,6-9H2,1-3H3/t11?,13-/m1/s1. The number of methoxy groups -OCH3 is 2. The van der Waals surface area contributed by atoms with Crippen LogP contribution >= 0.6 is 0 Å². The van der Waals surface area contributed by atoms with Crippen molar-refractivity contribution in [1.29, 1.82) is 0 Å². The zero-order valence-corrected chi connectivity index (χ0v) is 11.4. The van der Waals surface area contributed by atoms with E-state index in [9.17, 15) is 0 Å². The molecule has 3 heteroatoms. The fourth-order valence-corrected chi connectivity index (χ4v) is 3.58. The second kappa shape index (κ2) is 4.47. The largest absolute Gasteiger partial charge is 0.493 e. The van der Waals surface area contributed by atoms with Crippen molar-refractivity contribution in [3.8, 4) is 11.5 Å². The lowest BCUT2D eigenvalue weighted by molar-refractivity contribution is 0.255. The van der Waals surface area contributed by atoms with Gasteiger partial charge in [0.15, 0.2) is 11.5 Å². The number of nitrogens with zero attached hydrogens (tertiary/aromatic N) is 1. The van der Waals surface area contributed by atoms with Gasteiger partial charge in [0.1, 0.15) is 0 Å². The second-order valence-electron chi connectivity index (χ2n) is 5.44. The topological polar surface area (TPSA) is 21.7 Å². The first-order chi connectivity index (χ1) is 8.74. The molecule has 2 atom stereocenters. The van der Waals surface area contributed by atoms with Gasteiger partial charge in [0.25, 0.3) is 0 Å². The quantitative estimate of drug-likeness (QED) is 0.799. The van der Waals surface area contributed by atoms with E-state index in [0.717, 1.165) is 36.3 Å². The average molecular weight is 247 g/mol. The first-order valence-corrected chi connectivity index (χ1v) is 6.67. The SMILES string of the molecule is COc1ccc2c(c1OC)CC1CCN(C)[C@@H]1C2. The Bertz CT molecular complexity index is 458. The predicted octanol–water partition coefficient (Wildman–Crippen LogP) is 2.12. The number of rotatable bonds is 2. The highest BCUT2D eigenvalue weighted by Gasteiger charge is 2.37. The molecule has 0 saturated carbocycles. The van der Waals surface area contributed by atoms with Crippen LogP contribution in [0.25, 0.3) is 0 Å². The van der Waals surface area contributed by atoms with Crippen molar-refractivity contribution in [2.24, 2.45) is 5.92 Å². The van der Waals surface area contributed by atoms with Crippen LogP contribution in [0.2, 0.25) is 0 Å². The Morgan fingerprint density at radius 3 is 2.72 bits per heavy atom. The highest BCUT2D eigenvalue weighted by atomic mass is 16.5. The molecule has 2 aliphatic rings. The summed E-state index contributed by atoms with van der Waals surface area (Å²) in [5.41, 5.74) is 2.80. The maximum atomic E-state index is 5.57. The summed E-state index contributed by atoms with van der Waals surface area (Å²) >= 11 is 0. The maximum absolute atomic E-state index is 5.57. The van der Waals surface area contributed by atoms with Crippen molar-refractivity contribution < 1.29 is 9.47 Å². The number of hydrogen-bond acceptors (Lipinski definition) is 3. The molecule has 1 saturated heterocycles. The molecule has 1 aliphatic carbocycles. The molecule has 0 bridgehead atoms. The molecule has 1 fully saturated rings. The summed E-state index contributed by atoms with van der Waals surface area (Å²) in [5, 5.41) is 0. The maximum Gasteiger partial charge on any atom is 0.164 e. The van der Waals surface area contributed by atoms with E-state index in [4.69, 9.17) is 9.47 Å². The van der Waals surface area contributed by atoms with Gasteiger partial charge in [-0.25, -0.2) is 0 Å². The van der Waals surface area contributed by atoms with Gasteiger partial charge in [-0.1, -0.05) is 6.07 Å². The van der Waals surface area contributed by atoms with Crippen molar-refractivity contribution in [2.45, 2.75) is 25.3 Å². The lowest BCUT2D eigenvalue weighted by Crippen LogP contribution is -2.35. The van der Waals surface area contributed by atoms with Crippen molar-refractivity contribution in [1.82, 2.24) is 4.90 Å². The molecule has 98 valence electrons. The molecule has 0 spiro atoms.